The molecular formula is C12H20N4O2S. The predicted molar refractivity (Wildman–Crippen MR) is 75.0 cm³/mol. The Balaban J connectivity index is 2.22. The van der Waals surface area contributed by atoms with Crippen LogP contribution < -0.4 is 16.4 Å². The molecule has 4 N–H and O–H groups in total. The highest BCUT2D eigenvalue weighted by Crippen LogP contribution is 2.19. The molecule has 106 valence electrons. The van der Waals surface area contributed by atoms with E-state index < -0.39 is 0 Å². The van der Waals surface area contributed by atoms with Crippen LogP contribution in [0.2, 0.25) is 0 Å². The smallest absolute Gasteiger partial charge is 0.239 e. The van der Waals surface area contributed by atoms with Gasteiger partial charge in [-0.05, 0) is 0 Å². The first-order chi connectivity index (χ1) is 9.02. The Bertz CT molecular complexity index is 431. The Morgan fingerprint density at radius 1 is 1.37 bits per heavy atom. The molecule has 6 nitrogen and oxygen atoms in total. The number of thiazole rings is 1. The molecule has 0 aliphatic carbocycles. The van der Waals surface area contributed by atoms with Crippen LogP contribution in [0.15, 0.2) is 5.38 Å². The molecular weight excluding hydrogens is 264 g/mol. The van der Waals surface area contributed by atoms with Crippen LogP contribution in [-0.4, -0.2) is 36.4 Å². The lowest BCUT2D eigenvalue weighted by molar-refractivity contribution is -0.125. The molecule has 1 aromatic rings. The van der Waals surface area contributed by atoms with Gasteiger partial charge >= 0.3 is 0 Å². The number of aromatic nitrogens is 1. The Kier molecular flexibility index (Phi) is 6.44. The summed E-state index contributed by atoms with van der Waals surface area (Å²) in [6, 6.07) is 0. The van der Waals surface area contributed by atoms with E-state index in [-0.39, 0.29) is 24.9 Å². The van der Waals surface area contributed by atoms with Crippen LogP contribution >= 0.6 is 11.3 Å². The molecule has 2 amide bonds. The van der Waals surface area contributed by atoms with Crippen molar-refractivity contribution in [2.45, 2.75) is 26.2 Å². The van der Waals surface area contributed by atoms with Gasteiger partial charge < -0.3 is 16.4 Å². The molecule has 1 rings (SSSR count). The maximum absolute atomic E-state index is 11.4. The zero-order valence-electron chi connectivity index (χ0n) is 11.2. The van der Waals surface area contributed by atoms with Gasteiger partial charge in [0.1, 0.15) is 0 Å². The van der Waals surface area contributed by atoms with Gasteiger partial charge in [-0.2, -0.15) is 0 Å². The van der Waals surface area contributed by atoms with Crippen LogP contribution in [-0.2, 0) is 16.0 Å². The molecule has 0 aromatic carbocycles. The van der Waals surface area contributed by atoms with Crippen molar-refractivity contribution in [2.75, 3.05) is 19.6 Å². The zero-order valence-corrected chi connectivity index (χ0v) is 12.0. The fraction of sp³-hybridized carbons (Fsp3) is 0.583. The van der Waals surface area contributed by atoms with Crippen molar-refractivity contribution in [3.05, 3.63) is 16.1 Å². The Morgan fingerprint density at radius 2 is 2.11 bits per heavy atom. The van der Waals surface area contributed by atoms with Crippen molar-refractivity contribution in [3.8, 4) is 0 Å². The first kappa shape index (κ1) is 15.6. The largest absolute Gasteiger partial charge is 0.354 e. The van der Waals surface area contributed by atoms with E-state index in [0.29, 0.717) is 18.9 Å². The summed E-state index contributed by atoms with van der Waals surface area (Å²) in [7, 11) is 0. The quantitative estimate of drug-likeness (QED) is 0.656. The predicted octanol–water partition coefficient (Wildman–Crippen LogP) is 0.000100. The Morgan fingerprint density at radius 3 is 2.68 bits per heavy atom. The van der Waals surface area contributed by atoms with Crippen molar-refractivity contribution in [3.63, 3.8) is 0 Å². The Labute approximate surface area is 116 Å². The highest BCUT2D eigenvalue weighted by Gasteiger charge is 2.07. The third-order valence-electron chi connectivity index (χ3n) is 2.40. The van der Waals surface area contributed by atoms with Crippen LogP contribution in [0.3, 0.4) is 0 Å². The first-order valence-corrected chi connectivity index (χ1v) is 7.08. The molecule has 1 heterocycles. The fourth-order valence-corrected chi connectivity index (χ4v) is 2.22. The van der Waals surface area contributed by atoms with Gasteiger partial charge in [0.25, 0.3) is 0 Å². The normalized spacial score (nSPS) is 10.5. The summed E-state index contributed by atoms with van der Waals surface area (Å²) in [5.41, 5.74) is 6.10. The lowest BCUT2D eigenvalue weighted by Gasteiger charge is -2.05. The zero-order chi connectivity index (χ0) is 14.3. The van der Waals surface area contributed by atoms with Crippen LogP contribution in [0.4, 0.5) is 0 Å². The summed E-state index contributed by atoms with van der Waals surface area (Å²) in [6.07, 6.45) is 0.694. The summed E-state index contributed by atoms with van der Waals surface area (Å²) < 4.78 is 0. The molecule has 0 atom stereocenters. The molecule has 0 spiro atoms. The minimum Gasteiger partial charge on any atom is -0.354 e. The minimum atomic E-state index is -0.337. The average molecular weight is 284 g/mol. The lowest BCUT2D eigenvalue weighted by atomic mass is 10.2. The number of nitrogens with one attached hydrogen (secondary N) is 2. The fourth-order valence-electron chi connectivity index (χ4n) is 1.35. The van der Waals surface area contributed by atoms with Crippen molar-refractivity contribution < 1.29 is 9.59 Å². The monoisotopic (exact) mass is 284 g/mol. The molecule has 0 fully saturated rings. The van der Waals surface area contributed by atoms with Gasteiger partial charge in [0, 0.05) is 24.3 Å². The van der Waals surface area contributed by atoms with Gasteiger partial charge in [0.05, 0.1) is 23.8 Å². The molecule has 0 saturated carbocycles. The van der Waals surface area contributed by atoms with Gasteiger partial charge in [-0.3, -0.25) is 9.59 Å². The summed E-state index contributed by atoms with van der Waals surface area (Å²) in [4.78, 5) is 26.7. The highest BCUT2D eigenvalue weighted by atomic mass is 32.1. The Hall–Kier alpha value is -1.47. The van der Waals surface area contributed by atoms with E-state index in [4.69, 9.17) is 5.73 Å². The van der Waals surface area contributed by atoms with E-state index in [1.54, 1.807) is 11.3 Å². The lowest BCUT2D eigenvalue weighted by Crippen LogP contribution is -2.40. The van der Waals surface area contributed by atoms with Gasteiger partial charge in [0.15, 0.2) is 0 Å². The van der Waals surface area contributed by atoms with E-state index in [9.17, 15) is 9.59 Å². The number of nitrogens with zero attached hydrogens (tertiary/aromatic N) is 1. The number of hydrogen-bond acceptors (Lipinski definition) is 5. The number of hydrogen-bond donors (Lipinski definition) is 3. The molecule has 0 aliphatic rings. The molecule has 7 heteroatoms. The van der Waals surface area contributed by atoms with Crippen LogP contribution in [0, 0.1) is 0 Å². The number of carbonyl (C=O) groups is 2. The second kappa shape index (κ2) is 7.85. The number of amides is 2. The number of rotatable bonds is 7. The second-order valence-corrected chi connectivity index (χ2v) is 5.30. The highest BCUT2D eigenvalue weighted by molar-refractivity contribution is 7.09. The average Bonchev–Trinajstić information content (AvgIpc) is 2.85. The van der Waals surface area contributed by atoms with Crippen LogP contribution in [0.25, 0.3) is 0 Å². The van der Waals surface area contributed by atoms with Gasteiger partial charge in [-0.15, -0.1) is 11.3 Å². The number of carbonyl (C=O) groups excluding carboxylic acids is 2. The van der Waals surface area contributed by atoms with Crippen molar-refractivity contribution in [1.82, 2.24) is 15.6 Å². The van der Waals surface area contributed by atoms with Crippen molar-refractivity contribution in [1.29, 1.82) is 0 Å². The molecule has 0 aliphatic heterocycles. The van der Waals surface area contributed by atoms with Gasteiger partial charge in [-0.25, -0.2) is 4.98 Å². The van der Waals surface area contributed by atoms with Gasteiger partial charge in [0.2, 0.25) is 11.8 Å². The van der Waals surface area contributed by atoms with E-state index in [0.717, 1.165) is 10.7 Å². The summed E-state index contributed by atoms with van der Waals surface area (Å²) in [6.45, 7) is 4.57. The van der Waals surface area contributed by atoms with Crippen molar-refractivity contribution >= 4 is 23.2 Å². The van der Waals surface area contributed by atoms with Gasteiger partial charge in [-0.1, -0.05) is 13.8 Å². The first-order valence-electron chi connectivity index (χ1n) is 6.20. The number of nitrogens with two attached hydrogens (primary N) is 1. The van der Waals surface area contributed by atoms with Crippen LogP contribution in [0.1, 0.15) is 30.5 Å². The molecule has 0 bridgehead atoms. The summed E-state index contributed by atoms with van der Waals surface area (Å²) in [5, 5.41) is 8.25. The van der Waals surface area contributed by atoms with E-state index in [2.05, 4.69) is 29.5 Å². The van der Waals surface area contributed by atoms with Crippen molar-refractivity contribution in [2.24, 2.45) is 5.73 Å². The topological polar surface area (TPSA) is 97.1 Å². The standard InChI is InChI=1S/C12H20N4O2S/c1-8(2)12-16-9(7-19-12)3-4-14-11(18)6-15-10(17)5-13/h7-8H,3-6,13H2,1-2H3,(H,14,18)(H,15,17). The minimum absolute atomic E-state index is 0.0374. The van der Waals surface area contributed by atoms with E-state index >= 15 is 0 Å². The molecule has 19 heavy (non-hydrogen) atoms. The third-order valence-corrected chi connectivity index (χ3v) is 3.59. The van der Waals surface area contributed by atoms with E-state index in [1.165, 1.54) is 0 Å². The maximum atomic E-state index is 11.4. The van der Waals surface area contributed by atoms with E-state index in [1.807, 2.05) is 5.38 Å². The summed E-state index contributed by atoms with van der Waals surface area (Å²) >= 11 is 1.64. The SMILES string of the molecule is CC(C)c1nc(CCNC(=O)CNC(=O)CN)cs1. The molecule has 0 radical (unpaired) electrons. The summed E-state index contributed by atoms with van der Waals surface area (Å²) in [5.74, 6) is -0.128. The molecule has 1 aromatic heterocycles. The molecule has 0 unspecified atom stereocenters. The van der Waals surface area contributed by atoms with Crippen LogP contribution in [0.5, 0.6) is 0 Å². The second-order valence-electron chi connectivity index (χ2n) is 4.41. The molecule has 0 saturated heterocycles. The third kappa shape index (κ3) is 5.80. The maximum Gasteiger partial charge on any atom is 0.239 e.